The van der Waals surface area contributed by atoms with Crippen molar-refractivity contribution in [3.63, 3.8) is 0 Å². The molecule has 2 saturated heterocycles. The standard InChI is InChI=1S/C28H36N2O5/c1-33-27-16-22(9-10-26(27)31)8-5-13-29-18-25(35-21-24-6-3-2-4-7-24)19-30(28(32)20-29)17-23-11-14-34-15-12-23/h2-10,16,23,25,31H,11-15,17-21H2,1H3/b8-5+/t25-/m1/s1. The summed E-state index contributed by atoms with van der Waals surface area (Å²) in [5.41, 5.74) is 2.06. The zero-order valence-corrected chi connectivity index (χ0v) is 20.5. The van der Waals surface area contributed by atoms with Crippen molar-refractivity contribution in [3.8, 4) is 11.5 Å². The Labute approximate surface area is 207 Å². The van der Waals surface area contributed by atoms with Gasteiger partial charge in [0.25, 0.3) is 0 Å². The first-order valence-corrected chi connectivity index (χ1v) is 12.4. The van der Waals surface area contributed by atoms with Gasteiger partial charge in [-0.05, 0) is 42.0 Å². The van der Waals surface area contributed by atoms with E-state index in [0.29, 0.717) is 44.5 Å². The highest BCUT2D eigenvalue weighted by molar-refractivity contribution is 5.78. The highest BCUT2D eigenvalue weighted by Crippen LogP contribution is 2.26. The maximum Gasteiger partial charge on any atom is 0.236 e. The number of phenols is 1. The minimum absolute atomic E-state index is 0.0661. The Kier molecular flexibility index (Phi) is 9.17. The van der Waals surface area contributed by atoms with Crippen LogP contribution in [-0.4, -0.2) is 80.0 Å². The molecule has 0 aliphatic carbocycles. The van der Waals surface area contributed by atoms with E-state index in [-0.39, 0.29) is 17.8 Å². The molecule has 0 saturated carbocycles. The number of carbonyl (C=O) groups excluding carboxylic acids is 1. The lowest BCUT2D eigenvalue weighted by molar-refractivity contribution is -0.133. The molecule has 188 valence electrons. The predicted octanol–water partition coefficient (Wildman–Crippen LogP) is 3.57. The summed E-state index contributed by atoms with van der Waals surface area (Å²) in [6, 6.07) is 15.4. The first-order chi connectivity index (χ1) is 17.1. The van der Waals surface area contributed by atoms with E-state index in [1.54, 1.807) is 12.1 Å². The number of rotatable bonds is 9. The summed E-state index contributed by atoms with van der Waals surface area (Å²) < 4.78 is 17.0. The Hall–Kier alpha value is -2.87. The average molecular weight is 481 g/mol. The van der Waals surface area contributed by atoms with Gasteiger partial charge in [-0.25, -0.2) is 0 Å². The summed E-state index contributed by atoms with van der Waals surface area (Å²) in [7, 11) is 1.53. The third kappa shape index (κ3) is 7.56. The quantitative estimate of drug-likeness (QED) is 0.592. The first-order valence-electron chi connectivity index (χ1n) is 12.4. The van der Waals surface area contributed by atoms with Gasteiger partial charge >= 0.3 is 0 Å². The molecule has 2 aromatic carbocycles. The molecule has 4 rings (SSSR count). The van der Waals surface area contributed by atoms with Crippen molar-refractivity contribution in [3.05, 3.63) is 65.7 Å². The van der Waals surface area contributed by atoms with Crippen LogP contribution in [0.2, 0.25) is 0 Å². The van der Waals surface area contributed by atoms with Gasteiger partial charge in [0.1, 0.15) is 0 Å². The van der Waals surface area contributed by atoms with Crippen LogP contribution in [0, 0.1) is 5.92 Å². The largest absolute Gasteiger partial charge is 0.504 e. The van der Waals surface area contributed by atoms with E-state index < -0.39 is 0 Å². The number of amides is 1. The molecule has 2 heterocycles. The van der Waals surface area contributed by atoms with E-state index in [1.807, 2.05) is 41.3 Å². The molecule has 0 radical (unpaired) electrons. The summed E-state index contributed by atoms with van der Waals surface area (Å²) in [5, 5.41) is 9.81. The second-order valence-corrected chi connectivity index (χ2v) is 9.30. The smallest absolute Gasteiger partial charge is 0.236 e. The Morgan fingerprint density at radius 2 is 1.91 bits per heavy atom. The number of benzene rings is 2. The second-order valence-electron chi connectivity index (χ2n) is 9.30. The van der Waals surface area contributed by atoms with Gasteiger partial charge in [-0.1, -0.05) is 48.6 Å². The Bertz CT molecular complexity index is 975. The number of hydrogen-bond acceptors (Lipinski definition) is 6. The second kappa shape index (κ2) is 12.7. The predicted molar refractivity (Wildman–Crippen MR) is 135 cm³/mol. The van der Waals surface area contributed by atoms with E-state index in [9.17, 15) is 9.90 Å². The van der Waals surface area contributed by atoms with Crippen LogP contribution in [0.4, 0.5) is 0 Å². The minimum atomic E-state index is -0.0661. The number of hydrogen-bond donors (Lipinski definition) is 1. The summed E-state index contributed by atoms with van der Waals surface area (Å²) in [5.74, 6) is 1.20. The SMILES string of the molecule is COc1cc(/C=C/CN2CC(=O)N(CC3CCOCC3)C[C@H](OCc3ccccc3)C2)ccc1O. The molecule has 1 atom stereocenters. The third-order valence-electron chi connectivity index (χ3n) is 6.62. The van der Waals surface area contributed by atoms with Gasteiger partial charge in [0, 0.05) is 39.4 Å². The highest BCUT2D eigenvalue weighted by atomic mass is 16.5. The van der Waals surface area contributed by atoms with Crippen molar-refractivity contribution in [1.29, 1.82) is 0 Å². The van der Waals surface area contributed by atoms with Crippen molar-refractivity contribution in [2.75, 3.05) is 53.0 Å². The fraction of sp³-hybridized carbons (Fsp3) is 0.464. The van der Waals surface area contributed by atoms with Crippen molar-refractivity contribution in [2.24, 2.45) is 5.92 Å². The highest BCUT2D eigenvalue weighted by Gasteiger charge is 2.30. The molecule has 7 nitrogen and oxygen atoms in total. The number of nitrogens with zero attached hydrogens (tertiary/aromatic N) is 2. The zero-order valence-electron chi connectivity index (χ0n) is 20.5. The van der Waals surface area contributed by atoms with E-state index in [2.05, 4.69) is 17.0 Å². The number of aromatic hydroxyl groups is 1. The van der Waals surface area contributed by atoms with Crippen LogP contribution in [0.3, 0.4) is 0 Å². The van der Waals surface area contributed by atoms with Crippen LogP contribution in [0.1, 0.15) is 24.0 Å². The van der Waals surface area contributed by atoms with Gasteiger partial charge in [-0.15, -0.1) is 0 Å². The van der Waals surface area contributed by atoms with Crippen LogP contribution in [-0.2, 0) is 20.9 Å². The molecule has 0 spiro atoms. The minimum Gasteiger partial charge on any atom is -0.504 e. The Morgan fingerprint density at radius 3 is 2.69 bits per heavy atom. The normalized spacial score (nSPS) is 20.3. The third-order valence-corrected chi connectivity index (χ3v) is 6.62. The molecular formula is C28H36N2O5. The summed E-state index contributed by atoms with van der Waals surface area (Å²) >= 11 is 0. The molecule has 0 bridgehead atoms. The maximum absolute atomic E-state index is 13.2. The topological polar surface area (TPSA) is 71.5 Å². The van der Waals surface area contributed by atoms with E-state index >= 15 is 0 Å². The van der Waals surface area contributed by atoms with Crippen molar-refractivity contribution in [2.45, 2.75) is 25.6 Å². The van der Waals surface area contributed by atoms with Gasteiger partial charge in [0.15, 0.2) is 11.5 Å². The molecule has 2 fully saturated rings. The molecular weight excluding hydrogens is 444 g/mol. The van der Waals surface area contributed by atoms with Crippen LogP contribution < -0.4 is 4.74 Å². The fourth-order valence-electron chi connectivity index (χ4n) is 4.63. The molecule has 7 heteroatoms. The Morgan fingerprint density at radius 1 is 1.11 bits per heavy atom. The fourth-order valence-corrected chi connectivity index (χ4v) is 4.63. The summed E-state index contributed by atoms with van der Waals surface area (Å²) in [6.45, 7) is 5.15. The van der Waals surface area contributed by atoms with Gasteiger partial charge in [-0.2, -0.15) is 0 Å². The van der Waals surface area contributed by atoms with Crippen LogP contribution in [0.15, 0.2) is 54.6 Å². The maximum atomic E-state index is 13.2. The average Bonchev–Trinajstić information content (AvgIpc) is 3.03. The lowest BCUT2D eigenvalue weighted by atomic mass is 9.99. The molecule has 1 amide bonds. The van der Waals surface area contributed by atoms with Gasteiger partial charge in [0.2, 0.25) is 5.91 Å². The summed E-state index contributed by atoms with van der Waals surface area (Å²) in [4.78, 5) is 17.4. The molecule has 1 N–H and O–H groups in total. The number of ether oxygens (including phenoxy) is 3. The lowest BCUT2D eigenvalue weighted by Gasteiger charge is -2.30. The lowest BCUT2D eigenvalue weighted by Crippen LogP contribution is -2.42. The van der Waals surface area contributed by atoms with Crippen molar-refractivity contribution in [1.82, 2.24) is 9.80 Å². The molecule has 2 aliphatic heterocycles. The number of methoxy groups -OCH3 is 1. The monoisotopic (exact) mass is 480 g/mol. The molecule has 2 aliphatic rings. The van der Waals surface area contributed by atoms with E-state index in [1.165, 1.54) is 7.11 Å². The van der Waals surface area contributed by atoms with Gasteiger partial charge in [0.05, 0.1) is 26.4 Å². The van der Waals surface area contributed by atoms with Crippen LogP contribution in [0.5, 0.6) is 11.5 Å². The van der Waals surface area contributed by atoms with E-state index in [4.69, 9.17) is 14.2 Å². The summed E-state index contributed by atoms with van der Waals surface area (Å²) in [6.07, 6.45) is 5.96. The van der Waals surface area contributed by atoms with E-state index in [0.717, 1.165) is 43.7 Å². The number of phenolic OH excluding ortho intramolecular Hbond substituents is 1. The van der Waals surface area contributed by atoms with Crippen molar-refractivity contribution >= 4 is 12.0 Å². The number of carbonyl (C=O) groups is 1. The molecule has 0 unspecified atom stereocenters. The van der Waals surface area contributed by atoms with Crippen molar-refractivity contribution < 1.29 is 24.1 Å². The van der Waals surface area contributed by atoms with Gasteiger partial charge in [-0.3, -0.25) is 9.69 Å². The Balaban J connectivity index is 1.41. The van der Waals surface area contributed by atoms with Crippen LogP contribution >= 0.6 is 0 Å². The zero-order chi connectivity index (χ0) is 24.5. The van der Waals surface area contributed by atoms with Gasteiger partial charge < -0.3 is 24.2 Å². The molecule has 35 heavy (non-hydrogen) atoms. The molecule has 2 aromatic rings. The van der Waals surface area contributed by atoms with Crippen LogP contribution in [0.25, 0.3) is 6.08 Å². The first kappa shape index (κ1) is 25.2. The molecule has 0 aromatic heterocycles.